The van der Waals surface area contributed by atoms with E-state index in [4.69, 9.17) is 0 Å². The molecule has 1 aromatic heterocycles. The van der Waals surface area contributed by atoms with Crippen LogP contribution in [0.1, 0.15) is 24.2 Å². The highest BCUT2D eigenvalue weighted by Crippen LogP contribution is 2.21. The second kappa shape index (κ2) is 6.05. The number of hydrogen-bond acceptors (Lipinski definition) is 3. The molecule has 2 rings (SSSR count). The molecule has 3 N–H and O–H groups in total. The highest BCUT2D eigenvalue weighted by atomic mass is 19.1. The zero-order valence-electron chi connectivity index (χ0n) is 12.0. The van der Waals surface area contributed by atoms with Crippen molar-refractivity contribution >= 4 is 5.91 Å². The highest BCUT2D eigenvalue weighted by molar-refractivity contribution is 5.99. The highest BCUT2D eigenvalue weighted by Gasteiger charge is 2.20. The fraction of sp³-hybridized carbons (Fsp3) is 0.333. The van der Waals surface area contributed by atoms with Crippen molar-refractivity contribution in [3.63, 3.8) is 0 Å². The van der Waals surface area contributed by atoms with Crippen LogP contribution in [0.15, 0.2) is 30.5 Å². The first-order valence-corrected chi connectivity index (χ1v) is 6.61. The molecule has 0 unspecified atom stereocenters. The zero-order valence-corrected chi connectivity index (χ0v) is 12.0. The third kappa shape index (κ3) is 3.66. The van der Waals surface area contributed by atoms with Gasteiger partial charge in [-0.2, -0.15) is 5.10 Å². The van der Waals surface area contributed by atoms with Crippen molar-refractivity contribution in [1.82, 2.24) is 15.5 Å². The molecule has 0 atom stereocenters. The van der Waals surface area contributed by atoms with Gasteiger partial charge in [-0.15, -0.1) is 0 Å². The maximum atomic E-state index is 12.9. The molecular weight excluding hydrogens is 273 g/mol. The summed E-state index contributed by atoms with van der Waals surface area (Å²) in [6, 6.07) is 5.81. The Labute approximate surface area is 122 Å². The second-order valence-electron chi connectivity index (χ2n) is 5.67. The Morgan fingerprint density at radius 3 is 2.67 bits per heavy atom. The molecule has 5 nitrogen and oxygen atoms in total. The number of halogens is 1. The van der Waals surface area contributed by atoms with Gasteiger partial charge in [0.25, 0.3) is 5.91 Å². The number of hydrogen-bond donors (Lipinski definition) is 3. The van der Waals surface area contributed by atoms with Crippen LogP contribution < -0.4 is 5.32 Å². The summed E-state index contributed by atoms with van der Waals surface area (Å²) in [4.78, 5) is 12.2. The fourth-order valence-corrected chi connectivity index (χ4v) is 1.77. The largest absolute Gasteiger partial charge is 0.396 e. The van der Waals surface area contributed by atoms with Crippen LogP contribution in [0.2, 0.25) is 0 Å². The molecular formula is C15H18FN3O2. The SMILES string of the molecule is CC(C)(CO)CNC(=O)c1cn[nH]c1-c1ccc(F)cc1. The quantitative estimate of drug-likeness (QED) is 0.788. The number of nitrogens with one attached hydrogen (secondary N) is 2. The molecule has 1 heterocycles. The number of carbonyl (C=O) groups excluding carboxylic acids is 1. The van der Waals surface area contributed by atoms with E-state index in [1.165, 1.54) is 18.3 Å². The summed E-state index contributed by atoms with van der Waals surface area (Å²) in [5, 5.41) is 18.6. The van der Waals surface area contributed by atoms with Gasteiger partial charge in [-0.1, -0.05) is 13.8 Å². The Bertz CT molecular complexity index is 620. The third-order valence-corrected chi connectivity index (χ3v) is 3.17. The number of benzene rings is 1. The summed E-state index contributed by atoms with van der Waals surface area (Å²) in [7, 11) is 0. The lowest BCUT2D eigenvalue weighted by molar-refractivity contribution is 0.0911. The number of rotatable bonds is 5. The van der Waals surface area contributed by atoms with E-state index in [0.717, 1.165) is 0 Å². The molecule has 0 spiro atoms. The standard InChI is InChI=1S/C15H18FN3O2/c1-15(2,9-20)8-17-14(21)12-7-18-19-13(12)10-3-5-11(16)6-4-10/h3-7,20H,8-9H2,1-2H3,(H,17,21)(H,18,19). The summed E-state index contributed by atoms with van der Waals surface area (Å²) < 4.78 is 12.9. The van der Waals surface area contributed by atoms with E-state index in [1.807, 2.05) is 13.8 Å². The van der Waals surface area contributed by atoms with E-state index in [0.29, 0.717) is 23.4 Å². The number of carbonyl (C=O) groups is 1. The molecule has 112 valence electrons. The Kier molecular flexibility index (Phi) is 4.37. The summed E-state index contributed by atoms with van der Waals surface area (Å²) in [6.07, 6.45) is 1.43. The summed E-state index contributed by atoms with van der Waals surface area (Å²) in [6.45, 7) is 4.02. The lowest BCUT2D eigenvalue weighted by Crippen LogP contribution is -2.36. The molecule has 21 heavy (non-hydrogen) atoms. The van der Waals surface area contributed by atoms with Crippen molar-refractivity contribution in [2.75, 3.05) is 13.2 Å². The van der Waals surface area contributed by atoms with Crippen molar-refractivity contribution in [1.29, 1.82) is 0 Å². The monoisotopic (exact) mass is 291 g/mol. The molecule has 0 aliphatic carbocycles. The van der Waals surface area contributed by atoms with Gasteiger partial charge in [0, 0.05) is 24.1 Å². The summed E-state index contributed by atoms with van der Waals surface area (Å²) in [5.41, 5.74) is 1.21. The lowest BCUT2D eigenvalue weighted by Gasteiger charge is -2.21. The summed E-state index contributed by atoms with van der Waals surface area (Å²) >= 11 is 0. The van der Waals surface area contributed by atoms with Gasteiger partial charge in [-0.05, 0) is 24.3 Å². The lowest BCUT2D eigenvalue weighted by atomic mass is 9.95. The van der Waals surface area contributed by atoms with Gasteiger partial charge >= 0.3 is 0 Å². The summed E-state index contributed by atoms with van der Waals surface area (Å²) in [5.74, 6) is -0.626. The average molecular weight is 291 g/mol. The van der Waals surface area contributed by atoms with Gasteiger partial charge in [0.1, 0.15) is 5.82 Å². The predicted octanol–water partition coefficient (Wildman–Crippen LogP) is 1.96. The number of aliphatic hydroxyl groups excluding tert-OH is 1. The van der Waals surface area contributed by atoms with Crippen LogP contribution in [0.3, 0.4) is 0 Å². The van der Waals surface area contributed by atoms with Crippen LogP contribution in [-0.4, -0.2) is 34.4 Å². The number of aromatic amines is 1. The number of aromatic nitrogens is 2. The minimum absolute atomic E-state index is 0.0243. The maximum Gasteiger partial charge on any atom is 0.255 e. The number of nitrogens with zero attached hydrogens (tertiary/aromatic N) is 1. The molecule has 0 aliphatic heterocycles. The number of aliphatic hydroxyl groups is 1. The minimum Gasteiger partial charge on any atom is -0.396 e. The third-order valence-electron chi connectivity index (χ3n) is 3.17. The first kappa shape index (κ1) is 15.2. The maximum absolute atomic E-state index is 12.9. The van der Waals surface area contributed by atoms with Crippen molar-refractivity contribution in [2.24, 2.45) is 5.41 Å². The topological polar surface area (TPSA) is 78.0 Å². The van der Waals surface area contributed by atoms with Gasteiger partial charge in [-0.25, -0.2) is 4.39 Å². The minimum atomic E-state index is -0.393. The first-order chi connectivity index (χ1) is 9.93. The smallest absolute Gasteiger partial charge is 0.255 e. The van der Waals surface area contributed by atoms with Crippen molar-refractivity contribution in [3.05, 3.63) is 41.8 Å². The Morgan fingerprint density at radius 1 is 1.38 bits per heavy atom. The van der Waals surface area contributed by atoms with Crippen molar-refractivity contribution < 1.29 is 14.3 Å². The average Bonchev–Trinajstić information content (AvgIpc) is 2.95. The number of amides is 1. The molecule has 1 amide bonds. The van der Waals surface area contributed by atoms with Gasteiger partial charge < -0.3 is 10.4 Å². The van der Waals surface area contributed by atoms with E-state index in [-0.39, 0.29) is 18.3 Å². The zero-order chi connectivity index (χ0) is 15.5. The molecule has 1 aromatic carbocycles. The Morgan fingerprint density at radius 2 is 2.05 bits per heavy atom. The van der Waals surface area contributed by atoms with E-state index in [2.05, 4.69) is 15.5 Å². The molecule has 2 aromatic rings. The van der Waals surface area contributed by atoms with Crippen LogP contribution in [0, 0.1) is 11.2 Å². The molecule has 0 aliphatic rings. The van der Waals surface area contributed by atoms with Crippen LogP contribution in [0.4, 0.5) is 4.39 Å². The molecule has 0 saturated carbocycles. The van der Waals surface area contributed by atoms with Crippen LogP contribution in [0.5, 0.6) is 0 Å². The second-order valence-corrected chi connectivity index (χ2v) is 5.67. The Hall–Kier alpha value is -2.21. The molecule has 0 saturated heterocycles. The predicted molar refractivity (Wildman–Crippen MR) is 77.2 cm³/mol. The molecule has 0 radical (unpaired) electrons. The van der Waals surface area contributed by atoms with Gasteiger partial charge in [0.2, 0.25) is 0 Å². The van der Waals surface area contributed by atoms with Gasteiger partial charge in [-0.3, -0.25) is 9.89 Å². The van der Waals surface area contributed by atoms with E-state index >= 15 is 0 Å². The van der Waals surface area contributed by atoms with Crippen LogP contribution >= 0.6 is 0 Å². The molecule has 6 heteroatoms. The van der Waals surface area contributed by atoms with Gasteiger partial charge in [0.05, 0.1) is 17.5 Å². The Balaban J connectivity index is 2.16. The number of H-pyrrole nitrogens is 1. The van der Waals surface area contributed by atoms with E-state index in [1.54, 1.807) is 12.1 Å². The first-order valence-electron chi connectivity index (χ1n) is 6.61. The van der Waals surface area contributed by atoms with Crippen molar-refractivity contribution in [2.45, 2.75) is 13.8 Å². The van der Waals surface area contributed by atoms with Crippen molar-refractivity contribution in [3.8, 4) is 11.3 Å². The van der Waals surface area contributed by atoms with E-state index in [9.17, 15) is 14.3 Å². The van der Waals surface area contributed by atoms with Crippen LogP contribution in [0.25, 0.3) is 11.3 Å². The molecule has 0 bridgehead atoms. The van der Waals surface area contributed by atoms with Crippen LogP contribution in [-0.2, 0) is 0 Å². The molecule has 0 fully saturated rings. The fourth-order valence-electron chi connectivity index (χ4n) is 1.77. The normalized spacial score (nSPS) is 11.4. The van der Waals surface area contributed by atoms with E-state index < -0.39 is 5.41 Å². The van der Waals surface area contributed by atoms with Gasteiger partial charge in [0.15, 0.2) is 0 Å².